The highest BCUT2D eigenvalue weighted by Gasteiger charge is 2.29. The number of rotatable bonds is 4. The minimum Gasteiger partial charge on any atom is -0.508 e. The molecule has 0 unspecified atom stereocenters. The van der Waals surface area contributed by atoms with Gasteiger partial charge in [-0.05, 0) is 40.8 Å². The molecule has 1 aliphatic heterocycles. The van der Waals surface area contributed by atoms with Crippen LogP contribution in [-0.2, 0) is 0 Å². The first-order chi connectivity index (χ1) is 12.4. The lowest BCUT2D eigenvalue weighted by molar-refractivity contribution is -0.389. The van der Waals surface area contributed by atoms with Crippen molar-refractivity contribution in [1.82, 2.24) is 4.98 Å². The number of benzene rings is 1. The number of aromatic nitrogens is 1. The summed E-state index contributed by atoms with van der Waals surface area (Å²) < 4.78 is 0. The average Bonchev–Trinajstić information content (AvgIpc) is 2.64. The molecule has 1 aliphatic rings. The first-order valence-corrected chi connectivity index (χ1v) is 8.92. The zero-order valence-electron chi connectivity index (χ0n) is 13.8. The predicted molar refractivity (Wildman–Crippen MR) is 101 cm³/mol. The number of nitrogens with zero attached hydrogens (tertiary/aromatic N) is 3. The Morgan fingerprint density at radius 2 is 1.92 bits per heavy atom. The van der Waals surface area contributed by atoms with Crippen LogP contribution in [0.25, 0.3) is 0 Å². The first-order valence-electron chi connectivity index (χ1n) is 8.16. The van der Waals surface area contributed by atoms with Gasteiger partial charge in [-0.2, -0.15) is 0 Å². The number of nitrogens with two attached hydrogens (primary N) is 1. The number of halogens is 2. The molecule has 0 saturated carbocycles. The maximum Gasteiger partial charge on any atom is 0.365 e. The van der Waals surface area contributed by atoms with Gasteiger partial charge in [-0.25, -0.2) is 0 Å². The van der Waals surface area contributed by atoms with Crippen LogP contribution < -0.4 is 10.6 Å². The summed E-state index contributed by atoms with van der Waals surface area (Å²) >= 11 is 11.9. The maximum atomic E-state index is 10.9. The van der Waals surface area contributed by atoms with Crippen LogP contribution in [0.4, 0.5) is 11.6 Å². The van der Waals surface area contributed by atoms with Gasteiger partial charge in [0, 0.05) is 42.9 Å². The lowest BCUT2D eigenvalue weighted by Crippen LogP contribution is -2.38. The first kappa shape index (κ1) is 18.7. The van der Waals surface area contributed by atoms with E-state index in [1.54, 1.807) is 18.2 Å². The number of aromatic hydroxyl groups is 1. The molecule has 0 bridgehead atoms. The van der Waals surface area contributed by atoms with E-state index in [9.17, 15) is 15.2 Å². The lowest BCUT2D eigenvalue weighted by Gasteiger charge is -2.34. The Hall–Kier alpha value is -2.09. The Labute approximate surface area is 160 Å². The zero-order valence-corrected chi connectivity index (χ0v) is 15.3. The fraction of sp³-hybridized carbons (Fsp3) is 0.353. The van der Waals surface area contributed by atoms with Crippen LogP contribution >= 0.6 is 23.2 Å². The standard InChI is InChI=1S/C17H18Cl2N4O3/c18-12-8-11(14(24)9-13(12)19)17(20)10-4-6-22(7-5-10)15-2-1-3-16(21-15)23(25)26/h1-3,8-10,17,24H,4-7,20H2/t17-/m1/s1. The minimum atomic E-state index is -0.501. The summed E-state index contributed by atoms with van der Waals surface area (Å²) in [5.41, 5.74) is 6.93. The van der Waals surface area contributed by atoms with Crippen LogP contribution in [0.5, 0.6) is 5.75 Å². The van der Waals surface area contributed by atoms with Crippen molar-refractivity contribution in [3.63, 3.8) is 0 Å². The second-order valence-corrected chi connectivity index (χ2v) is 7.10. The Kier molecular flexibility index (Phi) is 5.50. The van der Waals surface area contributed by atoms with Gasteiger partial charge in [-0.3, -0.25) is 0 Å². The molecule has 0 aliphatic carbocycles. The second-order valence-electron chi connectivity index (χ2n) is 6.29. The van der Waals surface area contributed by atoms with Crippen LogP contribution in [0.3, 0.4) is 0 Å². The summed E-state index contributed by atoms with van der Waals surface area (Å²) in [7, 11) is 0. The molecular formula is C17H18Cl2N4O3. The number of anilines is 1. The summed E-state index contributed by atoms with van der Waals surface area (Å²) in [6.45, 7) is 1.35. The van der Waals surface area contributed by atoms with Gasteiger partial charge in [0.1, 0.15) is 5.75 Å². The molecular weight excluding hydrogens is 379 g/mol. The molecule has 0 radical (unpaired) electrons. The highest BCUT2D eigenvalue weighted by atomic mass is 35.5. The van der Waals surface area contributed by atoms with Crippen molar-refractivity contribution in [2.75, 3.05) is 18.0 Å². The molecule has 3 rings (SSSR count). The molecule has 7 nitrogen and oxygen atoms in total. The molecule has 1 atom stereocenters. The quantitative estimate of drug-likeness (QED) is 0.599. The molecule has 1 saturated heterocycles. The summed E-state index contributed by atoms with van der Waals surface area (Å²) in [5.74, 6) is 0.605. The lowest BCUT2D eigenvalue weighted by atomic mass is 9.85. The molecule has 26 heavy (non-hydrogen) atoms. The summed E-state index contributed by atoms with van der Waals surface area (Å²) in [4.78, 5) is 16.5. The highest BCUT2D eigenvalue weighted by molar-refractivity contribution is 6.42. The topological polar surface area (TPSA) is 106 Å². The average molecular weight is 397 g/mol. The highest BCUT2D eigenvalue weighted by Crippen LogP contribution is 2.38. The van der Waals surface area contributed by atoms with E-state index in [1.165, 1.54) is 12.1 Å². The third-order valence-corrected chi connectivity index (χ3v) is 5.43. The van der Waals surface area contributed by atoms with E-state index in [0.29, 0.717) is 29.5 Å². The molecule has 1 fully saturated rings. The van der Waals surface area contributed by atoms with Crippen LogP contribution in [0.1, 0.15) is 24.4 Å². The van der Waals surface area contributed by atoms with Crippen molar-refractivity contribution < 1.29 is 10.0 Å². The van der Waals surface area contributed by atoms with Crippen molar-refractivity contribution in [3.05, 3.63) is 56.1 Å². The molecule has 138 valence electrons. The SMILES string of the molecule is N[C@@H](c1cc(Cl)c(Cl)cc1O)C1CCN(c2cccc([N+](=O)[O-])n2)CC1. The molecule has 0 amide bonds. The van der Waals surface area contributed by atoms with Crippen LogP contribution in [0.15, 0.2) is 30.3 Å². The number of phenols is 1. The van der Waals surface area contributed by atoms with Gasteiger partial charge in [0.15, 0.2) is 0 Å². The Bertz CT molecular complexity index is 826. The summed E-state index contributed by atoms with van der Waals surface area (Å²) in [6, 6.07) is 7.41. The van der Waals surface area contributed by atoms with Crippen LogP contribution in [0, 0.1) is 16.0 Å². The van der Waals surface area contributed by atoms with Crippen molar-refractivity contribution in [2.24, 2.45) is 11.7 Å². The third-order valence-electron chi connectivity index (χ3n) is 4.71. The Morgan fingerprint density at radius 3 is 2.58 bits per heavy atom. The number of phenolic OH excluding ortho intramolecular Hbond substituents is 1. The van der Waals surface area contributed by atoms with Crippen molar-refractivity contribution in [2.45, 2.75) is 18.9 Å². The van der Waals surface area contributed by atoms with E-state index in [2.05, 4.69) is 4.98 Å². The molecule has 9 heteroatoms. The van der Waals surface area contributed by atoms with Gasteiger partial charge in [-0.15, -0.1) is 0 Å². The number of hydrogen-bond acceptors (Lipinski definition) is 6. The third kappa shape index (κ3) is 3.85. The van der Waals surface area contributed by atoms with E-state index in [-0.39, 0.29) is 28.5 Å². The van der Waals surface area contributed by atoms with E-state index in [0.717, 1.165) is 12.8 Å². The minimum absolute atomic E-state index is 0.0367. The van der Waals surface area contributed by atoms with Gasteiger partial charge in [0.25, 0.3) is 0 Å². The van der Waals surface area contributed by atoms with E-state index >= 15 is 0 Å². The molecule has 1 aromatic heterocycles. The maximum absolute atomic E-state index is 10.9. The van der Waals surface area contributed by atoms with Crippen molar-refractivity contribution in [1.29, 1.82) is 0 Å². The normalized spacial score (nSPS) is 16.5. The molecule has 1 aromatic carbocycles. The van der Waals surface area contributed by atoms with E-state index in [1.807, 2.05) is 4.90 Å². The summed E-state index contributed by atoms with van der Waals surface area (Å²) in [6.07, 6.45) is 1.54. The molecule has 2 aromatic rings. The number of piperidine rings is 1. The van der Waals surface area contributed by atoms with Gasteiger partial charge in [0.2, 0.25) is 5.82 Å². The van der Waals surface area contributed by atoms with Crippen LogP contribution in [0.2, 0.25) is 10.0 Å². The van der Waals surface area contributed by atoms with Gasteiger partial charge in [0.05, 0.1) is 10.0 Å². The smallest absolute Gasteiger partial charge is 0.365 e. The Morgan fingerprint density at radius 1 is 1.27 bits per heavy atom. The number of pyridine rings is 1. The number of nitro groups is 1. The van der Waals surface area contributed by atoms with E-state index in [4.69, 9.17) is 28.9 Å². The van der Waals surface area contributed by atoms with Gasteiger partial charge < -0.3 is 25.9 Å². The fourth-order valence-electron chi connectivity index (χ4n) is 3.25. The van der Waals surface area contributed by atoms with E-state index < -0.39 is 4.92 Å². The largest absolute Gasteiger partial charge is 0.508 e. The van der Waals surface area contributed by atoms with Crippen molar-refractivity contribution >= 4 is 34.8 Å². The second kappa shape index (κ2) is 7.65. The molecule has 0 spiro atoms. The number of hydrogen-bond donors (Lipinski definition) is 2. The monoisotopic (exact) mass is 396 g/mol. The van der Waals surface area contributed by atoms with Gasteiger partial charge >= 0.3 is 5.82 Å². The fourth-order valence-corrected chi connectivity index (χ4v) is 3.58. The zero-order chi connectivity index (χ0) is 18.8. The Balaban J connectivity index is 1.69. The predicted octanol–water partition coefficient (Wildman–Crippen LogP) is 3.92. The summed E-state index contributed by atoms with van der Waals surface area (Å²) in [5, 5.41) is 21.6. The van der Waals surface area contributed by atoms with Crippen LogP contribution in [-0.4, -0.2) is 28.1 Å². The molecule has 3 N–H and O–H groups in total. The van der Waals surface area contributed by atoms with Gasteiger partial charge in [-0.1, -0.05) is 23.2 Å². The van der Waals surface area contributed by atoms with Crippen molar-refractivity contribution in [3.8, 4) is 5.75 Å². The molecule has 2 heterocycles.